The Morgan fingerprint density at radius 2 is 2.27 bits per heavy atom. The van der Waals surface area contributed by atoms with Gasteiger partial charge in [0, 0.05) is 11.3 Å². The van der Waals surface area contributed by atoms with Gasteiger partial charge in [-0.15, -0.1) is 11.6 Å². The number of ketones is 1. The van der Waals surface area contributed by atoms with E-state index in [9.17, 15) is 4.79 Å². The summed E-state index contributed by atoms with van der Waals surface area (Å²) in [6.07, 6.45) is 0.920. The number of carbonyl (C=O) groups excluding carboxylic acids is 1. The Hall–Kier alpha value is -1.22. The maximum atomic E-state index is 11.4. The van der Waals surface area contributed by atoms with Crippen LogP contribution in [-0.2, 0) is 0 Å². The van der Waals surface area contributed by atoms with E-state index in [0.717, 1.165) is 6.42 Å². The third-order valence-electron chi connectivity index (χ3n) is 1.92. The largest absolute Gasteiger partial charge is 0.494 e. The van der Waals surface area contributed by atoms with Crippen LogP contribution >= 0.6 is 11.6 Å². The molecule has 0 saturated heterocycles. The number of nitrogens with two attached hydrogens (primary N) is 1. The minimum Gasteiger partial charge on any atom is -0.494 e. The van der Waals surface area contributed by atoms with Crippen LogP contribution in [-0.4, -0.2) is 18.3 Å². The molecule has 0 aliphatic carbocycles. The highest BCUT2D eigenvalue weighted by Crippen LogP contribution is 2.20. The summed E-state index contributed by atoms with van der Waals surface area (Å²) in [5.74, 6) is 0.400. The van der Waals surface area contributed by atoms with Gasteiger partial charge in [0.2, 0.25) is 0 Å². The molecule has 2 N–H and O–H groups in total. The van der Waals surface area contributed by atoms with Crippen LogP contribution in [0.2, 0.25) is 0 Å². The number of hydrogen-bond acceptors (Lipinski definition) is 3. The summed E-state index contributed by atoms with van der Waals surface area (Å²) < 4.78 is 5.39. The van der Waals surface area contributed by atoms with Gasteiger partial charge >= 0.3 is 0 Å². The van der Waals surface area contributed by atoms with Crippen LogP contribution in [0, 0.1) is 0 Å². The first-order valence-corrected chi connectivity index (χ1v) is 5.34. The number of carbonyl (C=O) groups is 1. The number of rotatable bonds is 5. The van der Waals surface area contributed by atoms with E-state index in [4.69, 9.17) is 22.1 Å². The number of alkyl halides is 1. The van der Waals surface area contributed by atoms with E-state index in [1.54, 1.807) is 18.2 Å². The summed E-state index contributed by atoms with van der Waals surface area (Å²) in [6.45, 7) is 2.64. The fraction of sp³-hybridized carbons (Fsp3) is 0.364. The van der Waals surface area contributed by atoms with Gasteiger partial charge in [-0.25, -0.2) is 0 Å². The Labute approximate surface area is 94.2 Å². The van der Waals surface area contributed by atoms with Crippen molar-refractivity contribution in [2.45, 2.75) is 13.3 Å². The minimum atomic E-state index is -0.184. The molecule has 0 aromatic heterocycles. The number of ether oxygens (including phenoxy) is 1. The van der Waals surface area contributed by atoms with E-state index < -0.39 is 0 Å². The second-order valence-electron chi connectivity index (χ2n) is 3.15. The van der Waals surface area contributed by atoms with Gasteiger partial charge in [-0.05, 0) is 24.6 Å². The van der Waals surface area contributed by atoms with Gasteiger partial charge in [0.1, 0.15) is 5.75 Å². The van der Waals surface area contributed by atoms with E-state index in [1.165, 1.54) is 0 Å². The highest BCUT2D eigenvalue weighted by atomic mass is 35.5. The van der Waals surface area contributed by atoms with E-state index in [1.807, 2.05) is 6.92 Å². The van der Waals surface area contributed by atoms with E-state index >= 15 is 0 Å². The van der Waals surface area contributed by atoms with Crippen LogP contribution in [0.1, 0.15) is 23.7 Å². The summed E-state index contributed by atoms with van der Waals surface area (Å²) in [6, 6.07) is 5.04. The van der Waals surface area contributed by atoms with Crippen molar-refractivity contribution in [2.24, 2.45) is 0 Å². The molecule has 1 aromatic carbocycles. The second-order valence-corrected chi connectivity index (χ2v) is 3.42. The molecule has 0 unspecified atom stereocenters. The lowest BCUT2D eigenvalue weighted by atomic mass is 10.1. The zero-order chi connectivity index (χ0) is 11.3. The maximum Gasteiger partial charge on any atom is 0.179 e. The van der Waals surface area contributed by atoms with Crippen molar-refractivity contribution in [1.82, 2.24) is 0 Å². The fourth-order valence-corrected chi connectivity index (χ4v) is 1.30. The van der Waals surface area contributed by atoms with E-state index in [2.05, 4.69) is 0 Å². The molecular formula is C11H14ClNO2. The fourth-order valence-electron chi connectivity index (χ4n) is 1.16. The molecule has 0 radical (unpaired) electrons. The molecule has 1 rings (SSSR count). The molecular weight excluding hydrogens is 214 g/mol. The van der Waals surface area contributed by atoms with Crippen molar-refractivity contribution < 1.29 is 9.53 Å². The van der Waals surface area contributed by atoms with Crippen LogP contribution in [0.25, 0.3) is 0 Å². The van der Waals surface area contributed by atoms with Crippen molar-refractivity contribution in [3.63, 3.8) is 0 Å². The van der Waals surface area contributed by atoms with Crippen molar-refractivity contribution in [3.8, 4) is 5.75 Å². The summed E-state index contributed by atoms with van der Waals surface area (Å²) in [7, 11) is 0. The van der Waals surface area contributed by atoms with Crippen LogP contribution < -0.4 is 10.5 Å². The lowest BCUT2D eigenvalue weighted by molar-refractivity contribution is 0.102. The smallest absolute Gasteiger partial charge is 0.179 e. The molecule has 4 heteroatoms. The van der Waals surface area contributed by atoms with E-state index in [-0.39, 0.29) is 11.7 Å². The third-order valence-corrected chi connectivity index (χ3v) is 2.16. The Kier molecular flexibility index (Phi) is 4.43. The summed E-state index contributed by atoms with van der Waals surface area (Å²) in [5, 5.41) is 0. The Bertz CT molecular complexity index is 352. The van der Waals surface area contributed by atoms with Crippen LogP contribution in [0.4, 0.5) is 5.69 Å². The number of halogens is 1. The second kappa shape index (κ2) is 5.61. The number of anilines is 1. The molecule has 3 nitrogen and oxygen atoms in total. The van der Waals surface area contributed by atoms with Gasteiger partial charge < -0.3 is 10.5 Å². The lowest BCUT2D eigenvalue weighted by Gasteiger charge is -2.08. The Morgan fingerprint density at radius 1 is 1.53 bits per heavy atom. The van der Waals surface area contributed by atoms with Gasteiger partial charge in [0.15, 0.2) is 5.78 Å². The van der Waals surface area contributed by atoms with E-state index in [0.29, 0.717) is 23.6 Å². The molecule has 0 spiro atoms. The van der Waals surface area contributed by atoms with Gasteiger partial charge in [0.05, 0.1) is 12.5 Å². The highest BCUT2D eigenvalue weighted by molar-refractivity contribution is 6.31. The summed E-state index contributed by atoms with van der Waals surface area (Å²) in [5.41, 5.74) is 6.52. The molecule has 0 amide bonds. The number of hydrogen-bond donors (Lipinski definition) is 1. The molecule has 0 heterocycles. The first-order valence-electron chi connectivity index (χ1n) is 4.80. The number of Topliss-reactive ketones (excluding diaryl/α,β-unsaturated/α-hetero) is 1. The van der Waals surface area contributed by atoms with Crippen LogP contribution in [0.3, 0.4) is 0 Å². The lowest BCUT2D eigenvalue weighted by Crippen LogP contribution is -2.06. The topological polar surface area (TPSA) is 52.3 Å². The third kappa shape index (κ3) is 3.13. The molecule has 0 atom stereocenters. The first kappa shape index (κ1) is 11.9. The summed E-state index contributed by atoms with van der Waals surface area (Å²) in [4.78, 5) is 11.4. The van der Waals surface area contributed by atoms with Crippen LogP contribution in [0.5, 0.6) is 5.75 Å². The molecule has 0 aliphatic heterocycles. The Balaban J connectivity index is 2.89. The molecule has 0 fully saturated rings. The van der Waals surface area contributed by atoms with Crippen molar-refractivity contribution in [1.29, 1.82) is 0 Å². The van der Waals surface area contributed by atoms with Crippen molar-refractivity contribution >= 4 is 23.1 Å². The van der Waals surface area contributed by atoms with Crippen molar-refractivity contribution in [3.05, 3.63) is 23.8 Å². The zero-order valence-corrected chi connectivity index (χ0v) is 9.38. The average Bonchev–Trinajstić information content (AvgIpc) is 2.27. The maximum absolute atomic E-state index is 11.4. The SMILES string of the molecule is CCCOc1ccc(N)c(C(=O)CCl)c1. The predicted octanol–water partition coefficient (Wildman–Crippen LogP) is 2.48. The standard InChI is InChI=1S/C11H14ClNO2/c1-2-5-15-8-3-4-10(13)9(6-8)11(14)7-12/h3-4,6H,2,5,7,13H2,1H3. The molecule has 0 bridgehead atoms. The molecule has 82 valence electrons. The van der Waals surface area contributed by atoms with Gasteiger partial charge in [-0.2, -0.15) is 0 Å². The summed E-state index contributed by atoms with van der Waals surface area (Å²) >= 11 is 5.47. The normalized spacial score (nSPS) is 10.0. The first-order chi connectivity index (χ1) is 7.19. The minimum absolute atomic E-state index is 0.0680. The number of benzene rings is 1. The van der Waals surface area contributed by atoms with Gasteiger partial charge in [0.25, 0.3) is 0 Å². The monoisotopic (exact) mass is 227 g/mol. The average molecular weight is 228 g/mol. The Morgan fingerprint density at radius 3 is 2.87 bits per heavy atom. The predicted molar refractivity (Wildman–Crippen MR) is 61.7 cm³/mol. The van der Waals surface area contributed by atoms with Gasteiger partial charge in [-0.3, -0.25) is 4.79 Å². The molecule has 1 aromatic rings. The van der Waals surface area contributed by atoms with Gasteiger partial charge in [-0.1, -0.05) is 6.92 Å². The van der Waals surface area contributed by atoms with Crippen LogP contribution in [0.15, 0.2) is 18.2 Å². The molecule has 0 aliphatic rings. The highest BCUT2D eigenvalue weighted by Gasteiger charge is 2.09. The zero-order valence-electron chi connectivity index (χ0n) is 8.63. The quantitative estimate of drug-likeness (QED) is 0.478. The number of nitrogen functional groups attached to an aromatic ring is 1. The molecule has 0 saturated carbocycles. The molecule has 15 heavy (non-hydrogen) atoms. The van der Waals surface area contributed by atoms with Crippen molar-refractivity contribution in [2.75, 3.05) is 18.2 Å².